The van der Waals surface area contributed by atoms with Crippen LogP contribution in [0.3, 0.4) is 0 Å². The summed E-state index contributed by atoms with van der Waals surface area (Å²) in [5, 5.41) is 12.0. The highest BCUT2D eigenvalue weighted by Crippen LogP contribution is 2.37. The lowest BCUT2D eigenvalue weighted by Crippen LogP contribution is -2.55. The molecule has 0 spiro atoms. The molecule has 0 bridgehead atoms. The van der Waals surface area contributed by atoms with E-state index in [1.54, 1.807) is 4.90 Å². The number of carbonyl (C=O) groups excluding carboxylic acids is 1. The van der Waals surface area contributed by atoms with Gasteiger partial charge in [0.2, 0.25) is 5.91 Å². The summed E-state index contributed by atoms with van der Waals surface area (Å²) in [4.78, 5) is 31.2. The number of hydrogen-bond acceptors (Lipinski definition) is 8. The average Bonchev–Trinajstić information content (AvgIpc) is 2.97. The molecule has 1 atom stereocenters. The molecule has 2 fully saturated rings. The number of nitriles is 1. The number of fused-ring (bicyclic) bond motifs is 2. The number of hydrogen-bond donors (Lipinski definition) is 0. The van der Waals surface area contributed by atoms with Crippen LogP contribution in [0.1, 0.15) is 36.1 Å². The van der Waals surface area contributed by atoms with Gasteiger partial charge in [-0.25, -0.2) is 0 Å². The maximum absolute atomic E-state index is 12.5. The van der Waals surface area contributed by atoms with E-state index in [-0.39, 0.29) is 24.5 Å². The molecule has 0 radical (unpaired) electrons. The molecule has 218 valence electrons. The number of aryl methyl sites for hydroxylation is 1. The van der Waals surface area contributed by atoms with Crippen molar-refractivity contribution in [3.8, 4) is 12.1 Å². The Labute approximate surface area is 248 Å². The zero-order chi connectivity index (χ0) is 29.4. The first-order chi connectivity index (χ1) is 20.4. The van der Waals surface area contributed by atoms with Crippen LogP contribution in [0.25, 0.3) is 10.8 Å². The minimum absolute atomic E-state index is 0.0945. The highest BCUT2D eigenvalue weighted by atomic mass is 16.5. The Morgan fingerprint density at radius 1 is 1.14 bits per heavy atom. The van der Waals surface area contributed by atoms with Gasteiger partial charge in [-0.05, 0) is 50.5 Å². The van der Waals surface area contributed by atoms with Gasteiger partial charge in [0, 0.05) is 61.7 Å². The highest BCUT2D eigenvalue weighted by molar-refractivity contribution is 5.97. The monoisotopic (exact) mass is 565 g/mol. The molecule has 9 nitrogen and oxygen atoms in total. The average molecular weight is 566 g/mol. The van der Waals surface area contributed by atoms with Crippen LogP contribution >= 0.6 is 0 Å². The number of rotatable bonds is 7. The number of ether oxygens (including phenoxy) is 1. The fourth-order valence-corrected chi connectivity index (χ4v) is 6.62. The molecule has 2 aliphatic heterocycles. The molecular formula is C33H39N7O2. The normalized spacial score (nSPS) is 22.0. The number of anilines is 2. The second-order valence-corrected chi connectivity index (χ2v) is 11.9. The quantitative estimate of drug-likeness (QED) is 0.396. The van der Waals surface area contributed by atoms with Crippen molar-refractivity contribution < 1.29 is 9.53 Å². The number of piperazine rings is 1. The van der Waals surface area contributed by atoms with Gasteiger partial charge in [-0.15, -0.1) is 0 Å². The smallest absolute Gasteiger partial charge is 0.318 e. The van der Waals surface area contributed by atoms with Gasteiger partial charge in [-0.2, -0.15) is 15.2 Å². The van der Waals surface area contributed by atoms with E-state index in [2.05, 4.69) is 84.8 Å². The lowest BCUT2D eigenvalue weighted by atomic mass is 9.88. The van der Waals surface area contributed by atoms with Crippen LogP contribution in [-0.4, -0.2) is 84.1 Å². The molecule has 9 heteroatoms. The molecule has 2 aromatic carbocycles. The minimum atomic E-state index is -0.226. The van der Waals surface area contributed by atoms with Crippen molar-refractivity contribution >= 4 is 28.2 Å². The van der Waals surface area contributed by atoms with E-state index in [0.717, 1.165) is 42.9 Å². The van der Waals surface area contributed by atoms with Gasteiger partial charge < -0.3 is 24.3 Å². The Balaban J connectivity index is 1.34. The van der Waals surface area contributed by atoms with E-state index in [1.165, 1.54) is 28.1 Å². The molecule has 0 N–H and O–H groups in total. The third kappa shape index (κ3) is 5.27. The molecule has 3 aromatic rings. The Morgan fingerprint density at radius 2 is 1.93 bits per heavy atom. The predicted molar refractivity (Wildman–Crippen MR) is 165 cm³/mol. The summed E-state index contributed by atoms with van der Waals surface area (Å²) in [6.45, 7) is 9.02. The molecule has 1 aliphatic carbocycles. The van der Waals surface area contributed by atoms with E-state index >= 15 is 0 Å². The molecular weight excluding hydrogens is 526 g/mol. The topological polar surface area (TPSA) is 88.8 Å². The van der Waals surface area contributed by atoms with E-state index in [9.17, 15) is 10.1 Å². The summed E-state index contributed by atoms with van der Waals surface area (Å²) >= 11 is 0. The fraction of sp³-hybridized carbons (Fsp3) is 0.455. The summed E-state index contributed by atoms with van der Waals surface area (Å²) in [7, 11) is 4.21. The first kappa shape index (κ1) is 28.0. The third-order valence-corrected chi connectivity index (χ3v) is 9.09. The SMILES string of the molecule is C=CC(=O)N1CCN(c2nc(OC3CC(N(C)C)C3)nc3c2CCN(c2cccc4cccc(C)c24)C3)C[C@@H]1CC#N. The molecule has 6 rings (SSSR count). The van der Waals surface area contributed by atoms with Crippen molar-refractivity contribution in [2.75, 3.05) is 50.1 Å². The molecule has 1 amide bonds. The Morgan fingerprint density at radius 3 is 2.67 bits per heavy atom. The van der Waals surface area contributed by atoms with Gasteiger partial charge in [0.25, 0.3) is 0 Å². The number of aromatic nitrogens is 2. The standard InChI is InChI=1S/C33H39N7O2/c1-5-30(41)40-17-16-39(20-24(40)12-14-34)32-27-13-15-38(29-11-7-10-23-9-6-8-22(2)31(23)29)21-28(27)35-33(36-32)42-26-18-25(19-26)37(3)4/h5-11,24-26H,1,12-13,15-21H2,2-4H3/t24-,25?,26?/m0/s1. The molecule has 3 aliphatic rings. The Kier molecular flexibility index (Phi) is 7.74. The van der Waals surface area contributed by atoms with Crippen LogP contribution in [0.15, 0.2) is 49.1 Å². The number of benzene rings is 2. The summed E-state index contributed by atoms with van der Waals surface area (Å²) < 4.78 is 6.39. The first-order valence-electron chi connectivity index (χ1n) is 14.9. The van der Waals surface area contributed by atoms with E-state index < -0.39 is 0 Å². The van der Waals surface area contributed by atoms with Gasteiger partial charge in [-0.3, -0.25) is 4.79 Å². The molecule has 0 unspecified atom stereocenters. The second-order valence-electron chi connectivity index (χ2n) is 11.9. The summed E-state index contributed by atoms with van der Waals surface area (Å²) in [6.07, 6.45) is 4.40. The van der Waals surface area contributed by atoms with E-state index in [0.29, 0.717) is 38.2 Å². The molecule has 1 saturated carbocycles. The zero-order valence-electron chi connectivity index (χ0n) is 24.8. The molecule has 3 heterocycles. The van der Waals surface area contributed by atoms with Crippen molar-refractivity contribution in [2.24, 2.45) is 0 Å². The van der Waals surface area contributed by atoms with Gasteiger partial charge in [0.05, 0.1) is 30.8 Å². The largest absolute Gasteiger partial charge is 0.460 e. The Hall–Kier alpha value is -4.16. The maximum atomic E-state index is 12.5. The molecule has 1 saturated heterocycles. The van der Waals surface area contributed by atoms with Gasteiger partial charge in [0.15, 0.2) is 0 Å². The van der Waals surface area contributed by atoms with Crippen LogP contribution in [0.2, 0.25) is 0 Å². The lowest BCUT2D eigenvalue weighted by Gasteiger charge is -2.42. The fourth-order valence-electron chi connectivity index (χ4n) is 6.62. The van der Waals surface area contributed by atoms with Crippen molar-refractivity contribution in [2.45, 2.75) is 57.3 Å². The van der Waals surface area contributed by atoms with Crippen molar-refractivity contribution in [3.63, 3.8) is 0 Å². The number of amides is 1. The van der Waals surface area contributed by atoms with Crippen molar-refractivity contribution in [1.82, 2.24) is 19.8 Å². The number of carbonyl (C=O) groups is 1. The second kappa shape index (κ2) is 11.6. The van der Waals surface area contributed by atoms with Gasteiger partial charge >= 0.3 is 6.01 Å². The molecule has 1 aromatic heterocycles. The maximum Gasteiger partial charge on any atom is 0.318 e. The minimum Gasteiger partial charge on any atom is -0.460 e. The Bertz CT molecular complexity index is 1540. The third-order valence-electron chi connectivity index (χ3n) is 9.09. The summed E-state index contributed by atoms with van der Waals surface area (Å²) in [5.41, 5.74) is 4.60. The number of nitrogens with zero attached hydrogens (tertiary/aromatic N) is 7. The predicted octanol–water partition coefficient (Wildman–Crippen LogP) is 4.09. The van der Waals surface area contributed by atoms with Crippen LogP contribution < -0.4 is 14.5 Å². The van der Waals surface area contributed by atoms with Crippen LogP contribution in [0, 0.1) is 18.3 Å². The van der Waals surface area contributed by atoms with Crippen LogP contribution in [-0.2, 0) is 17.8 Å². The van der Waals surface area contributed by atoms with Crippen molar-refractivity contribution in [3.05, 3.63) is 65.9 Å². The van der Waals surface area contributed by atoms with E-state index in [4.69, 9.17) is 14.7 Å². The van der Waals surface area contributed by atoms with Crippen LogP contribution in [0.5, 0.6) is 6.01 Å². The van der Waals surface area contributed by atoms with Gasteiger partial charge in [0.1, 0.15) is 11.9 Å². The molecule has 42 heavy (non-hydrogen) atoms. The van der Waals surface area contributed by atoms with Gasteiger partial charge in [-0.1, -0.05) is 36.9 Å². The van der Waals surface area contributed by atoms with Crippen molar-refractivity contribution in [1.29, 1.82) is 5.26 Å². The zero-order valence-corrected chi connectivity index (χ0v) is 24.8. The van der Waals surface area contributed by atoms with E-state index in [1.807, 2.05) is 0 Å². The van der Waals surface area contributed by atoms with Crippen LogP contribution in [0.4, 0.5) is 11.5 Å². The lowest BCUT2D eigenvalue weighted by molar-refractivity contribution is -0.128. The summed E-state index contributed by atoms with van der Waals surface area (Å²) in [6, 6.07) is 15.9. The highest BCUT2D eigenvalue weighted by Gasteiger charge is 2.36. The summed E-state index contributed by atoms with van der Waals surface area (Å²) in [5.74, 6) is 0.742. The first-order valence-corrected chi connectivity index (χ1v) is 14.9.